The molecule has 2 aliphatic heterocycles. The Balaban J connectivity index is 1.85. The van der Waals surface area contributed by atoms with Crippen molar-refractivity contribution in [2.75, 3.05) is 24.5 Å². The van der Waals surface area contributed by atoms with Crippen LogP contribution in [0.2, 0.25) is 5.15 Å². The number of hydrogen-bond donors (Lipinski definition) is 1. The molecule has 1 N–H and O–H groups in total. The highest BCUT2D eigenvalue weighted by atomic mass is 35.5. The summed E-state index contributed by atoms with van der Waals surface area (Å²) < 4.78 is 0. The number of aromatic nitrogens is 1. The summed E-state index contributed by atoms with van der Waals surface area (Å²) in [5.41, 5.74) is 1.20. The maximum absolute atomic E-state index is 5.79. The molecule has 0 aliphatic carbocycles. The molecular formula is C11H14ClN3. The maximum atomic E-state index is 5.79. The van der Waals surface area contributed by atoms with Crippen molar-refractivity contribution in [2.45, 2.75) is 12.5 Å². The fourth-order valence-electron chi connectivity index (χ4n) is 2.71. The van der Waals surface area contributed by atoms with Crippen LogP contribution in [0, 0.1) is 5.92 Å². The lowest BCUT2D eigenvalue weighted by molar-refractivity contribution is 0.578. The Hall–Kier alpha value is -0.800. The molecule has 0 saturated carbocycles. The van der Waals surface area contributed by atoms with E-state index in [9.17, 15) is 0 Å². The van der Waals surface area contributed by atoms with E-state index in [0.717, 1.165) is 19.0 Å². The summed E-state index contributed by atoms with van der Waals surface area (Å²) in [4.78, 5) is 6.59. The van der Waals surface area contributed by atoms with Crippen LogP contribution in [-0.4, -0.2) is 30.7 Å². The van der Waals surface area contributed by atoms with E-state index in [4.69, 9.17) is 11.6 Å². The first-order chi connectivity index (χ1) is 7.34. The van der Waals surface area contributed by atoms with E-state index >= 15 is 0 Å². The summed E-state index contributed by atoms with van der Waals surface area (Å²) in [6, 6.07) is 4.59. The molecule has 80 valence electrons. The molecule has 4 heteroatoms. The molecule has 3 nitrogen and oxygen atoms in total. The zero-order valence-electron chi connectivity index (χ0n) is 8.49. The zero-order chi connectivity index (χ0) is 10.3. The highest BCUT2D eigenvalue weighted by Gasteiger charge is 2.37. The normalized spacial score (nSPS) is 29.5. The molecule has 0 radical (unpaired) electrons. The Morgan fingerprint density at radius 1 is 1.40 bits per heavy atom. The number of fused-ring (bicyclic) bond motifs is 1. The van der Waals surface area contributed by atoms with Crippen molar-refractivity contribution in [3.8, 4) is 0 Å². The summed E-state index contributed by atoms with van der Waals surface area (Å²) in [5.74, 6) is 0.820. The Kier molecular flexibility index (Phi) is 2.29. The van der Waals surface area contributed by atoms with Crippen molar-refractivity contribution in [2.24, 2.45) is 5.92 Å². The van der Waals surface area contributed by atoms with Crippen LogP contribution < -0.4 is 10.2 Å². The molecule has 1 aromatic rings. The molecule has 0 amide bonds. The molecule has 0 unspecified atom stereocenters. The number of hydrogen-bond acceptors (Lipinski definition) is 3. The van der Waals surface area contributed by atoms with Crippen LogP contribution in [0.3, 0.4) is 0 Å². The van der Waals surface area contributed by atoms with Crippen LogP contribution in [0.5, 0.6) is 0 Å². The van der Waals surface area contributed by atoms with E-state index in [-0.39, 0.29) is 0 Å². The van der Waals surface area contributed by atoms with Crippen molar-refractivity contribution in [1.29, 1.82) is 0 Å². The van der Waals surface area contributed by atoms with E-state index in [2.05, 4.69) is 21.3 Å². The number of anilines is 1. The van der Waals surface area contributed by atoms with Crippen LogP contribution >= 0.6 is 11.6 Å². The number of halogens is 1. The molecule has 15 heavy (non-hydrogen) atoms. The second-order valence-electron chi connectivity index (χ2n) is 4.31. The Labute approximate surface area is 94.4 Å². The van der Waals surface area contributed by atoms with Crippen molar-refractivity contribution in [3.63, 3.8) is 0 Å². The average Bonchev–Trinajstić information content (AvgIpc) is 2.80. The van der Waals surface area contributed by atoms with Gasteiger partial charge in [0.25, 0.3) is 0 Å². The molecule has 0 bridgehead atoms. The third kappa shape index (κ3) is 1.60. The van der Waals surface area contributed by atoms with Gasteiger partial charge in [-0.2, -0.15) is 0 Å². The summed E-state index contributed by atoms with van der Waals surface area (Å²) in [7, 11) is 0. The minimum atomic E-state index is 0.569. The van der Waals surface area contributed by atoms with Gasteiger partial charge in [-0.15, -0.1) is 0 Å². The lowest BCUT2D eigenvalue weighted by Gasteiger charge is -2.25. The number of pyridine rings is 1. The van der Waals surface area contributed by atoms with Crippen LogP contribution in [0.15, 0.2) is 18.3 Å². The maximum Gasteiger partial charge on any atom is 0.129 e. The topological polar surface area (TPSA) is 28.2 Å². The van der Waals surface area contributed by atoms with Crippen LogP contribution in [0.1, 0.15) is 6.42 Å². The van der Waals surface area contributed by atoms with Gasteiger partial charge in [-0.05, 0) is 24.5 Å². The lowest BCUT2D eigenvalue weighted by atomic mass is 10.1. The van der Waals surface area contributed by atoms with Gasteiger partial charge in [0.05, 0.1) is 11.9 Å². The van der Waals surface area contributed by atoms with E-state index in [1.165, 1.54) is 18.7 Å². The molecule has 3 rings (SSSR count). The van der Waals surface area contributed by atoms with Crippen LogP contribution in [-0.2, 0) is 0 Å². The minimum Gasteiger partial charge on any atom is -0.366 e. The first-order valence-electron chi connectivity index (χ1n) is 5.43. The Bertz CT molecular complexity index is 351. The van der Waals surface area contributed by atoms with Gasteiger partial charge in [-0.3, -0.25) is 0 Å². The summed E-state index contributed by atoms with van der Waals surface area (Å²) in [6.07, 6.45) is 3.17. The molecule has 0 spiro atoms. The Morgan fingerprint density at radius 2 is 2.33 bits per heavy atom. The van der Waals surface area contributed by atoms with Gasteiger partial charge in [-0.1, -0.05) is 11.6 Å². The van der Waals surface area contributed by atoms with Crippen LogP contribution in [0.25, 0.3) is 0 Å². The third-order valence-electron chi connectivity index (χ3n) is 3.49. The molecule has 3 heterocycles. The molecule has 2 fully saturated rings. The van der Waals surface area contributed by atoms with Crippen LogP contribution in [0.4, 0.5) is 5.69 Å². The summed E-state index contributed by atoms with van der Waals surface area (Å²) in [6.45, 7) is 3.43. The second-order valence-corrected chi connectivity index (χ2v) is 4.69. The molecule has 1 aromatic heterocycles. The Morgan fingerprint density at radius 3 is 3.13 bits per heavy atom. The SMILES string of the molecule is Clc1ccc(N2CC[C@H]3CNC[C@H]32)cn1. The highest BCUT2D eigenvalue weighted by Crippen LogP contribution is 2.31. The standard InChI is InChI=1S/C11H14ClN3/c12-11-2-1-9(6-14-11)15-4-3-8-5-13-7-10(8)15/h1-2,6,8,10,13H,3-5,7H2/t8-,10+/m0/s1. The first kappa shape index (κ1) is 9.43. The van der Waals surface area contributed by atoms with Gasteiger partial charge < -0.3 is 10.2 Å². The molecule has 0 aromatic carbocycles. The highest BCUT2D eigenvalue weighted by molar-refractivity contribution is 6.29. The molecule has 2 saturated heterocycles. The molecule has 2 aliphatic rings. The number of nitrogens with zero attached hydrogens (tertiary/aromatic N) is 2. The van der Waals surface area contributed by atoms with Gasteiger partial charge in [-0.25, -0.2) is 4.98 Å². The third-order valence-corrected chi connectivity index (χ3v) is 3.71. The number of nitrogens with one attached hydrogen (secondary N) is 1. The van der Waals surface area contributed by atoms with Gasteiger partial charge in [0.15, 0.2) is 0 Å². The van der Waals surface area contributed by atoms with E-state index in [0.29, 0.717) is 11.2 Å². The quantitative estimate of drug-likeness (QED) is 0.732. The van der Waals surface area contributed by atoms with E-state index < -0.39 is 0 Å². The van der Waals surface area contributed by atoms with Gasteiger partial charge >= 0.3 is 0 Å². The van der Waals surface area contributed by atoms with Crippen molar-refractivity contribution < 1.29 is 0 Å². The lowest BCUT2D eigenvalue weighted by Crippen LogP contribution is -2.34. The van der Waals surface area contributed by atoms with E-state index in [1.54, 1.807) is 0 Å². The predicted octanol–water partition coefficient (Wildman–Crippen LogP) is 1.53. The van der Waals surface area contributed by atoms with Gasteiger partial charge in [0, 0.05) is 25.7 Å². The van der Waals surface area contributed by atoms with Gasteiger partial charge in [0.2, 0.25) is 0 Å². The first-order valence-corrected chi connectivity index (χ1v) is 5.81. The predicted molar refractivity (Wildman–Crippen MR) is 61.4 cm³/mol. The number of rotatable bonds is 1. The monoisotopic (exact) mass is 223 g/mol. The largest absolute Gasteiger partial charge is 0.366 e. The molecule has 2 atom stereocenters. The fraction of sp³-hybridized carbons (Fsp3) is 0.545. The average molecular weight is 224 g/mol. The van der Waals surface area contributed by atoms with E-state index in [1.807, 2.05) is 12.3 Å². The summed E-state index contributed by atoms with van der Waals surface area (Å²) in [5, 5.41) is 4.02. The summed E-state index contributed by atoms with van der Waals surface area (Å²) >= 11 is 5.79. The zero-order valence-corrected chi connectivity index (χ0v) is 9.24. The smallest absolute Gasteiger partial charge is 0.129 e. The molecular weight excluding hydrogens is 210 g/mol. The minimum absolute atomic E-state index is 0.569. The fourth-order valence-corrected chi connectivity index (χ4v) is 2.82. The van der Waals surface area contributed by atoms with Crippen molar-refractivity contribution in [3.05, 3.63) is 23.5 Å². The van der Waals surface area contributed by atoms with Gasteiger partial charge in [0.1, 0.15) is 5.15 Å². The van der Waals surface area contributed by atoms with Crippen molar-refractivity contribution in [1.82, 2.24) is 10.3 Å². The second kappa shape index (κ2) is 3.65. The van der Waals surface area contributed by atoms with Crippen molar-refractivity contribution >= 4 is 17.3 Å².